The molecule has 5 heterocycles. The third-order valence-electron chi connectivity index (χ3n) is 9.78. The molecule has 0 aliphatic carbocycles. The van der Waals surface area contributed by atoms with Crippen LogP contribution in [0.3, 0.4) is 0 Å². The summed E-state index contributed by atoms with van der Waals surface area (Å²) >= 11 is 1.82. The summed E-state index contributed by atoms with van der Waals surface area (Å²) in [5.41, 5.74) is 9.88. The highest BCUT2D eigenvalue weighted by atomic mass is 32.1. The molecule has 0 atom stereocenters. The van der Waals surface area contributed by atoms with Crippen LogP contribution in [0.5, 0.6) is 0 Å². The van der Waals surface area contributed by atoms with Crippen LogP contribution in [0.2, 0.25) is 0 Å². The van der Waals surface area contributed by atoms with Crippen molar-refractivity contribution in [2.45, 2.75) is 0 Å². The minimum absolute atomic E-state index is 0.667. The molecule has 11 aromatic rings. The number of furan rings is 1. The zero-order valence-electron chi connectivity index (χ0n) is 25.3. The normalized spacial score (nSPS) is 12.1. The third-order valence-corrected chi connectivity index (χ3v) is 10.9. The van der Waals surface area contributed by atoms with Crippen LogP contribution >= 0.6 is 11.3 Å². The van der Waals surface area contributed by atoms with E-state index in [1.807, 2.05) is 41.8 Å². The van der Waals surface area contributed by atoms with Crippen molar-refractivity contribution in [3.05, 3.63) is 139 Å². The summed E-state index contributed by atoms with van der Waals surface area (Å²) in [4.78, 5) is 4.63. The molecule has 0 radical (unpaired) electrons. The number of aromatic nitrogens is 3. The standard InChI is InChI=1S/C42H22N4OS/c43-23-24-11-15-35-30(20-24)27-6-1-3-8-33(27)45(35)25-12-17-38-31(21-25)32-22-26(13-18-39(32)48-38)46-34-9-4-2-7-28(34)40-36(46)16-14-29-41-37(47-42(29)40)10-5-19-44-41/h1-22H. The Kier molecular flexibility index (Phi) is 5.00. The number of fused-ring (bicyclic) bond motifs is 13. The van der Waals surface area contributed by atoms with Crippen LogP contribution in [0, 0.1) is 11.3 Å². The molecule has 5 nitrogen and oxygen atoms in total. The molecule has 0 aliphatic heterocycles. The van der Waals surface area contributed by atoms with E-state index < -0.39 is 0 Å². The lowest BCUT2D eigenvalue weighted by molar-refractivity contribution is 0.672. The highest BCUT2D eigenvalue weighted by Gasteiger charge is 2.20. The molecule has 48 heavy (non-hydrogen) atoms. The number of nitrogens with zero attached hydrogens (tertiary/aromatic N) is 4. The summed E-state index contributed by atoms with van der Waals surface area (Å²) in [5, 5.41) is 17.6. The lowest BCUT2D eigenvalue weighted by Crippen LogP contribution is -1.94. The first-order chi connectivity index (χ1) is 23.7. The van der Waals surface area contributed by atoms with Gasteiger partial charge in [0.1, 0.15) is 11.1 Å². The van der Waals surface area contributed by atoms with Crippen molar-refractivity contribution in [3.8, 4) is 17.4 Å². The Balaban J connectivity index is 1.17. The number of para-hydroxylation sites is 2. The fourth-order valence-corrected chi connectivity index (χ4v) is 8.80. The van der Waals surface area contributed by atoms with E-state index in [-0.39, 0.29) is 0 Å². The van der Waals surface area contributed by atoms with Gasteiger partial charge < -0.3 is 13.6 Å². The first-order valence-corrected chi connectivity index (χ1v) is 16.7. The van der Waals surface area contributed by atoms with E-state index in [1.165, 1.54) is 20.2 Å². The van der Waals surface area contributed by atoms with Crippen molar-refractivity contribution in [1.82, 2.24) is 14.1 Å². The fourth-order valence-electron chi connectivity index (χ4n) is 7.74. The third kappa shape index (κ3) is 3.35. The van der Waals surface area contributed by atoms with Gasteiger partial charge in [-0.3, -0.25) is 4.98 Å². The topological polar surface area (TPSA) is 59.7 Å². The molecule has 0 amide bonds. The summed E-state index contributed by atoms with van der Waals surface area (Å²) in [6.45, 7) is 0. The van der Waals surface area contributed by atoms with Crippen LogP contribution in [0.1, 0.15) is 5.56 Å². The molecular formula is C42H22N4OS. The van der Waals surface area contributed by atoms with Crippen molar-refractivity contribution < 1.29 is 4.42 Å². The molecular weight excluding hydrogens is 609 g/mol. The predicted octanol–water partition coefficient (Wildman–Crippen LogP) is 11.4. The quantitative estimate of drug-likeness (QED) is 0.191. The van der Waals surface area contributed by atoms with Crippen molar-refractivity contribution in [2.75, 3.05) is 0 Å². The van der Waals surface area contributed by atoms with Gasteiger partial charge in [0.05, 0.1) is 39.1 Å². The monoisotopic (exact) mass is 630 g/mol. The average molecular weight is 631 g/mol. The van der Waals surface area contributed by atoms with E-state index in [4.69, 9.17) is 4.42 Å². The van der Waals surface area contributed by atoms with Gasteiger partial charge in [-0.1, -0.05) is 36.4 Å². The maximum Gasteiger partial charge on any atom is 0.153 e. The van der Waals surface area contributed by atoms with Crippen LogP contribution in [0.25, 0.3) is 97.2 Å². The smallest absolute Gasteiger partial charge is 0.153 e. The minimum Gasteiger partial charge on any atom is -0.454 e. The molecule has 6 aromatic carbocycles. The number of nitriles is 1. The minimum atomic E-state index is 0.667. The molecule has 0 saturated carbocycles. The van der Waals surface area contributed by atoms with E-state index in [2.05, 4.69) is 123 Å². The Labute approximate surface area is 276 Å². The number of benzene rings is 6. The van der Waals surface area contributed by atoms with Gasteiger partial charge in [-0.2, -0.15) is 5.26 Å². The summed E-state index contributed by atoms with van der Waals surface area (Å²) in [5.74, 6) is 0. The van der Waals surface area contributed by atoms with Gasteiger partial charge in [0, 0.05) is 59.3 Å². The van der Waals surface area contributed by atoms with Crippen molar-refractivity contribution >= 4 is 97.2 Å². The SMILES string of the molecule is N#Cc1ccc2c(c1)c1ccccc1n2-c1ccc2sc3ccc(-n4c5ccccc5c5c6oc7cccnc7c6ccc54)cc3c2c1. The lowest BCUT2D eigenvalue weighted by Gasteiger charge is -2.09. The van der Waals surface area contributed by atoms with E-state index in [9.17, 15) is 5.26 Å². The van der Waals surface area contributed by atoms with E-state index >= 15 is 0 Å². The highest BCUT2D eigenvalue weighted by molar-refractivity contribution is 7.25. The molecule has 5 aromatic heterocycles. The Morgan fingerprint density at radius 3 is 2.00 bits per heavy atom. The maximum absolute atomic E-state index is 9.61. The molecule has 0 aliphatic rings. The number of thiophene rings is 1. The summed E-state index contributed by atoms with van der Waals surface area (Å²) in [6.07, 6.45) is 1.82. The Morgan fingerprint density at radius 2 is 1.23 bits per heavy atom. The highest BCUT2D eigenvalue weighted by Crippen LogP contribution is 2.42. The second kappa shape index (κ2) is 9.32. The van der Waals surface area contributed by atoms with Gasteiger partial charge in [0.25, 0.3) is 0 Å². The number of hydrogen-bond donors (Lipinski definition) is 0. The van der Waals surface area contributed by atoms with Crippen LogP contribution < -0.4 is 0 Å². The van der Waals surface area contributed by atoms with Crippen molar-refractivity contribution in [1.29, 1.82) is 5.26 Å². The maximum atomic E-state index is 9.61. The molecule has 0 fully saturated rings. The van der Waals surface area contributed by atoms with Crippen LogP contribution in [0.4, 0.5) is 0 Å². The van der Waals surface area contributed by atoms with Crippen LogP contribution in [-0.4, -0.2) is 14.1 Å². The molecule has 222 valence electrons. The predicted molar refractivity (Wildman–Crippen MR) is 198 cm³/mol. The Hall–Kier alpha value is -6.42. The van der Waals surface area contributed by atoms with Gasteiger partial charge in [0.2, 0.25) is 0 Å². The average Bonchev–Trinajstić information content (AvgIpc) is 3.88. The fraction of sp³-hybridized carbons (Fsp3) is 0. The van der Waals surface area contributed by atoms with Gasteiger partial charge in [-0.15, -0.1) is 11.3 Å². The number of pyridine rings is 1. The first kappa shape index (κ1) is 25.7. The summed E-state index contributed by atoms with van der Waals surface area (Å²) < 4.78 is 13.6. The summed E-state index contributed by atoms with van der Waals surface area (Å²) in [6, 6.07) is 47.1. The lowest BCUT2D eigenvalue weighted by atomic mass is 10.1. The zero-order chi connectivity index (χ0) is 31.5. The van der Waals surface area contributed by atoms with E-state index in [0.717, 1.165) is 77.1 Å². The largest absolute Gasteiger partial charge is 0.454 e. The molecule has 11 rings (SSSR count). The molecule has 0 unspecified atom stereocenters. The molecule has 0 spiro atoms. The molecule has 0 bridgehead atoms. The molecule has 6 heteroatoms. The molecule has 0 saturated heterocycles. The van der Waals surface area contributed by atoms with Crippen LogP contribution in [0.15, 0.2) is 138 Å². The second-order valence-electron chi connectivity index (χ2n) is 12.3. The Morgan fingerprint density at radius 1 is 0.562 bits per heavy atom. The van der Waals surface area contributed by atoms with E-state index in [0.29, 0.717) is 5.56 Å². The number of hydrogen-bond acceptors (Lipinski definition) is 4. The van der Waals surface area contributed by atoms with Gasteiger partial charge in [0.15, 0.2) is 5.58 Å². The van der Waals surface area contributed by atoms with Gasteiger partial charge in [-0.05, 0) is 91.0 Å². The van der Waals surface area contributed by atoms with Crippen molar-refractivity contribution in [2.24, 2.45) is 0 Å². The van der Waals surface area contributed by atoms with Crippen LogP contribution in [-0.2, 0) is 0 Å². The van der Waals surface area contributed by atoms with Gasteiger partial charge >= 0.3 is 0 Å². The first-order valence-electron chi connectivity index (χ1n) is 15.8. The molecule has 0 N–H and O–H groups in total. The van der Waals surface area contributed by atoms with Crippen molar-refractivity contribution in [3.63, 3.8) is 0 Å². The number of rotatable bonds is 2. The van der Waals surface area contributed by atoms with E-state index in [1.54, 1.807) is 0 Å². The second-order valence-corrected chi connectivity index (χ2v) is 13.4. The van der Waals surface area contributed by atoms with Gasteiger partial charge in [-0.25, -0.2) is 0 Å². The zero-order valence-corrected chi connectivity index (χ0v) is 26.1. The summed E-state index contributed by atoms with van der Waals surface area (Å²) in [7, 11) is 0. The Bertz CT molecular complexity index is 3200.